The number of pyridine rings is 1. The van der Waals surface area contributed by atoms with E-state index in [9.17, 15) is 13.2 Å². The fourth-order valence-corrected chi connectivity index (χ4v) is 2.34. The molecule has 23 heavy (non-hydrogen) atoms. The van der Waals surface area contributed by atoms with Crippen LogP contribution in [0.25, 0.3) is 10.8 Å². The monoisotopic (exact) mass is 339 g/mol. The van der Waals surface area contributed by atoms with Crippen LogP contribution in [0.3, 0.4) is 0 Å². The molecule has 0 amide bonds. The third-order valence-corrected chi connectivity index (χ3v) is 3.28. The van der Waals surface area contributed by atoms with Gasteiger partial charge in [-0.25, -0.2) is 4.98 Å². The molecule has 3 rings (SSSR count). The Balaban J connectivity index is 1.88. The Labute approximate surface area is 134 Å². The van der Waals surface area contributed by atoms with E-state index in [0.29, 0.717) is 16.9 Å². The smallest absolute Gasteiger partial charge is 0.457 e. The van der Waals surface area contributed by atoms with Crippen LogP contribution in [0.5, 0.6) is 17.2 Å². The summed E-state index contributed by atoms with van der Waals surface area (Å²) in [6.07, 6.45) is -3.14. The highest BCUT2D eigenvalue weighted by Gasteiger charge is 2.30. The first-order valence-corrected chi connectivity index (χ1v) is 6.87. The number of hydrogen-bond acceptors (Lipinski definition) is 3. The molecule has 3 aromatic rings. The van der Waals surface area contributed by atoms with Crippen molar-refractivity contribution in [2.75, 3.05) is 0 Å². The van der Waals surface area contributed by atoms with Crippen molar-refractivity contribution in [2.45, 2.75) is 6.36 Å². The zero-order chi connectivity index (χ0) is 16.4. The van der Waals surface area contributed by atoms with E-state index in [1.54, 1.807) is 24.4 Å². The van der Waals surface area contributed by atoms with Gasteiger partial charge in [0, 0.05) is 6.20 Å². The lowest BCUT2D eigenvalue weighted by molar-refractivity contribution is -0.274. The molecule has 0 radical (unpaired) electrons. The molecule has 0 saturated carbocycles. The lowest BCUT2D eigenvalue weighted by Gasteiger charge is -2.11. The molecule has 118 valence electrons. The molecule has 2 aromatic carbocycles. The molecule has 7 heteroatoms. The number of aromatic nitrogens is 1. The summed E-state index contributed by atoms with van der Waals surface area (Å²) in [5.74, 6) is 0.500. The fourth-order valence-electron chi connectivity index (χ4n) is 2.08. The summed E-state index contributed by atoms with van der Waals surface area (Å²) in [6, 6.07) is 12.2. The zero-order valence-corrected chi connectivity index (χ0v) is 12.2. The van der Waals surface area contributed by atoms with Crippen molar-refractivity contribution in [3.63, 3.8) is 0 Å². The van der Waals surface area contributed by atoms with Crippen molar-refractivity contribution in [1.29, 1.82) is 0 Å². The number of benzene rings is 2. The number of alkyl halides is 3. The first-order valence-electron chi connectivity index (χ1n) is 6.49. The SMILES string of the molecule is FC(F)(F)Oc1ccc(Oc2cccc3ccnc(Cl)c23)cc1. The molecule has 1 heterocycles. The van der Waals surface area contributed by atoms with Crippen LogP contribution < -0.4 is 9.47 Å². The van der Waals surface area contributed by atoms with E-state index >= 15 is 0 Å². The van der Waals surface area contributed by atoms with Crippen LogP contribution in [0.1, 0.15) is 0 Å². The van der Waals surface area contributed by atoms with Crippen LogP contribution >= 0.6 is 11.6 Å². The molecule has 0 aliphatic heterocycles. The predicted molar refractivity (Wildman–Crippen MR) is 80.0 cm³/mol. The van der Waals surface area contributed by atoms with E-state index in [2.05, 4.69) is 9.72 Å². The molecule has 0 bridgehead atoms. The Bertz CT molecular complexity index is 830. The van der Waals surface area contributed by atoms with Crippen LogP contribution in [0.15, 0.2) is 54.7 Å². The molecule has 0 saturated heterocycles. The van der Waals surface area contributed by atoms with Gasteiger partial charge in [-0.1, -0.05) is 23.7 Å². The third kappa shape index (κ3) is 3.65. The first kappa shape index (κ1) is 15.4. The maximum atomic E-state index is 12.1. The molecule has 0 aliphatic carbocycles. The molecule has 0 unspecified atom stereocenters. The molecular formula is C16H9ClF3NO2. The van der Waals surface area contributed by atoms with Crippen molar-refractivity contribution in [3.05, 3.63) is 59.9 Å². The maximum Gasteiger partial charge on any atom is 0.573 e. The summed E-state index contributed by atoms with van der Waals surface area (Å²) in [6.45, 7) is 0. The Morgan fingerprint density at radius 1 is 0.913 bits per heavy atom. The highest BCUT2D eigenvalue weighted by Crippen LogP contribution is 2.34. The van der Waals surface area contributed by atoms with E-state index in [0.717, 1.165) is 5.39 Å². The standard InChI is InChI=1S/C16H9ClF3NO2/c17-15-14-10(8-9-21-15)2-1-3-13(14)22-11-4-6-12(7-5-11)23-16(18,19)20/h1-9H. The van der Waals surface area contributed by atoms with E-state index in [1.807, 2.05) is 6.07 Å². The Hall–Kier alpha value is -2.47. The van der Waals surface area contributed by atoms with E-state index in [4.69, 9.17) is 16.3 Å². The van der Waals surface area contributed by atoms with Crippen LogP contribution in [-0.2, 0) is 0 Å². The fraction of sp³-hybridized carbons (Fsp3) is 0.0625. The number of rotatable bonds is 3. The lowest BCUT2D eigenvalue weighted by Crippen LogP contribution is -2.16. The topological polar surface area (TPSA) is 31.4 Å². The van der Waals surface area contributed by atoms with Gasteiger partial charge in [0.05, 0.1) is 5.39 Å². The highest BCUT2D eigenvalue weighted by molar-refractivity contribution is 6.34. The minimum absolute atomic E-state index is 0.287. The molecule has 3 nitrogen and oxygen atoms in total. The molecule has 0 atom stereocenters. The van der Waals surface area contributed by atoms with E-state index in [1.165, 1.54) is 24.3 Å². The van der Waals surface area contributed by atoms with Crippen molar-refractivity contribution < 1.29 is 22.6 Å². The van der Waals surface area contributed by atoms with E-state index in [-0.39, 0.29) is 10.9 Å². The number of halogens is 4. The summed E-state index contributed by atoms with van der Waals surface area (Å²) < 4.78 is 45.9. The van der Waals surface area contributed by atoms with Gasteiger partial charge in [-0.2, -0.15) is 0 Å². The van der Waals surface area contributed by atoms with Crippen molar-refractivity contribution in [1.82, 2.24) is 4.98 Å². The molecule has 0 N–H and O–H groups in total. The van der Waals surface area contributed by atoms with Gasteiger partial charge in [0.15, 0.2) is 0 Å². The van der Waals surface area contributed by atoms with Crippen molar-refractivity contribution >= 4 is 22.4 Å². The minimum atomic E-state index is -4.72. The van der Waals surface area contributed by atoms with Crippen LogP contribution in [0.2, 0.25) is 5.15 Å². The first-order chi connectivity index (χ1) is 10.9. The molecule has 0 fully saturated rings. The second-order valence-electron chi connectivity index (χ2n) is 4.58. The minimum Gasteiger partial charge on any atom is -0.457 e. The summed E-state index contributed by atoms with van der Waals surface area (Å²) in [7, 11) is 0. The van der Waals surface area contributed by atoms with Crippen molar-refractivity contribution in [3.8, 4) is 17.2 Å². The van der Waals surface area contributed by atoms with Crippen molar-refractivity contribution in [2.24, 2.45) is 0 Å². The Kier molecular flexibility index (Phi) is 4.00. The number of hydrogen-bond donors (Lipinski definition) is 0. The molecular weight excluding hydrogens is 331 g/mol. The lowest BCUT2D eigenvalue weighted by atomic mass is 10.1. The maximum absolute atomic E-state index is 12.1. The molecule has 0 aliphatic rings. The average molecular weight is 340 g/mol. The van der Waals surface area contributed by atoms with Crippen LogP contribution in [-0.4, -0.2) is 11.3 Å². The van der Waals surface area contributed by atoms with Gasteiger partial charge in [-0.15, -0.1) is 13.2 Å². The second-order valence-corrected chi connectivity index (χ2v) is 4.94. The summed E-state index contributed by atoms with van der Waals surface area (Å²) in [5.41, 5.74) is 0. The number of ether oxygens (including phenoxy) is 2. The molecule has 0 spiro atoms. The largest absolute Gasteiger partial charge is 0.573 e. The number of nitrogens with zero attached hydrogens (tertiary/aromatic N) is 1. The van der Waals surface area contributed by atoms with Gasteiger partial charge < -0.3 is 9.47 Å². The quantitative estimate of drug-likeness (QED) is 0.584. The van der Waals surface area contributed by atoms with Gasteiger partial charge in [0.25, 0.3) is 0 Å². The normalized spacial score (nSPS) is 11.5. The van der Waals surface area contributed by atoms with Gasteiger partial charge in [0.1, 0.15) is 22.4 Å². The highest BCUT2D eigenvalue weighted by atomic mass is 35.5. The van der Waals surface area contributed by atoms with Gasteiger partial charge >= 0.3 is 6.36 Å². The van der Waals surface area contributed by atoms with E-state index < -0.39 is 6.36 Å². The zero-order valence-electron chi connectivity index (χ0n) is 11.5. The average Bonchev–Trinajstić information content (AvgIpc) is 2.48. The Morgan fingerprint density at radius 2 is 1.61 bits per heavy atom. The van der Waals surface area contributed by atoms with Gasteiger partial charge in [-0.3, -0.25) is 0 Å². The van der Waals surface area contributed by atoms with Gasteiger partial charge in [0.2, 0.25) is 0 Å². The van der Waals surface area contributed by atoms with Crippen LogP contribution in [0.4, 0.5) is 13.2 Å². The number of fused-ring (bicyclic) bond motifs is 1. The third-order valence-electron chi connectivity index (χ3n) is 2.99. The Morgan fingerprint density at radius 3 is 2.30 bits per heavy atom. The van der Waals surface area contributed by atoms with Gasteiger partial charge in [-0.05, 0) is 41.8 Å². The second kappa shape index (κ2) is 5.96. The predicted octanol–water partition coefficient (Wildman–Crippen LogP) is 5.58. The molecule has 1 aromatic heterocycles. The van der Waals surface area contributed by atoms with Crippen LogP contribution in [0, 0.1) is 0 Å². The summed E-state index contributed by atoms with van der Waals surface area (Å²) in [4.78, 5) is 4.00. The summed E-state index contributed by atoms with van der Waals surface area (Å²) in [5, 5.41) is 1.77. The summed E-state index contributed by atoms with van der Waals surface area (Å²) >= 11 is 6.09.